The van der Waals surface area contributed by atoms with Crippen LogP contribution in [-0.4, -0.2) is 35.1 Å². The lowest BCUT2D eigenvalue weighted by Crippen LogP contribution is -2.62. The van der Waals surface area contributed by atoms with E-state index in [0.29, 0.717) is 46.1 Å². The molecule has 3 aromatic carbocycles. The number of halogens is 1. The van der Waals surface area contributed by atoms with Gasteiger partial charge in [0.2, 0.25) is 11.7 Å². The third-order valence-corrected chi connectivity index (χ3v) is 9.24. The van der Waals surface area contributed by atoms with Gasteiger partial charge >= 0.3 is 0 Å². The van der Waals surface area contributed by atoms with E-state index in [1.165, 1.54) is 0 Å². The predicted molar refractivity (Wildman–Crippen MR) is 142 cm³/mol. The van der Waals surface area contributed by atoms with Crippen molar-refractivity contribution in [2.75, 3.05) is 17.2 Å². The lowest BCUT2D eigenvalue weighted by molar-refractivity contribution is -0.137. The van der Waals surface area contributed by atoms with E-state index in [-0.39, 0.29) is 29.4 Å². The number of Topliss-reactive ketones (excluding diaryl/α,β-unsaturated/α-hetero) is 1. The SMILES string of the molecule is O=C(c1cc2ccccc2o1)[C@@H]1[C@@H]2CCCN2[C@]2(C(=O)Nc3ccc(Cl)cc32)[C@@]12C(=O)Nc1ccccc12. The number of ketones is 1. The molecule has 0 aliphatic carbocycles. The smallest absolute Gasteiger partial charge is 0.251 e. The molecule has 2 amide bonds. The van der Waals surface area contributed by atoms with Crippen LogP contribution in [0, 0.1) is 5.92 Å². The standard InChI is InChI=1S/C30H22ClN3O4/c31-17-11-12-21-19(15-17)30(28(37)33-21)29(18-7-2-3-8-20(18)32-27(29)36)25(22-9-5-13-34(22)30)26(35)24-14-16-6-1-4-10-23(16)38-24/h1-4,6-8,10-12,14-15,22,25H,5,9,13H2,(H,32,36)(H,33,37)/t22-,25-,29+,30+/m0/s1. The topological polar surface area (TPSA) is 91.7 Å². The molecule has 0 radical (unpaired) electrons. The van der Waals surface area contributed by atoms with E-state index in [2.05, 4.69) is 15.5 Å². The zero-order valence-electron chi connectivity index (χ0n) is 20.2. The van der Waals surface area contributed by atoms with Crippen molar-refractivity contribution in [3.63, 3.8) is 0 Å². The van der Waals surface area contributed by atoms with Gasteiger partial charge in [-0.2, -0.15) is 0 Å². The van der Waals surface area contributed by atoms with Crippen LogP contribution in [0.2, 0.25) is 5.02 Å². The van der Waals surface area contributed by atoms with Crippen LogP contribution in [0.5, 0.6) is 0 Å². The molecule has 4 aromatic rings. The van der Waals surface area contributed by atoms with Gasteiger partial charge in [-0.25, -0.2) is 0 Å². The highest BCUT2D eigenvalue weighted by atomic mass is 35.5. The molecule has 2 fully saturated rings. The zero-order valence-corrected chi connectivity index (χ0v) is 20.9. The number of nitrogens with one attached hydrogen (secondary N) is 2. The molecule has 38 heavy (non-hydrogen) atoms. The van der Waals surface area contributed by atoms with Gasteiger partial charge in [0, 0.05) is 33.4 Å². The number of nitrogens with zero attached hydrogens (tertiary/aromatic N) is 1. The molecule has 8 rings (SSSR count). The summed E-state index contributed by atoms with van der Waals surface area (Å²) >= 11 is 6.51. The molecule has 4 aliphatic rings. The van der Waals surface area contributed by atoms with Gasteiger partial charge in [-0.15, -0.1) is 0 Å². The number of furan rings is 1. The molecule has 4 atom stereocenters. The molecule has 0 saturated carbocycles. The fourth-order valence-electron chi connectivity index (χ4n) is 7.81. The maximum Gasteiger partial charge on any atom is 0.251 e. The third-order valence-electron chi connectivity index (χ3n) is 9.01. The Hall–Kier alpha value is -3.94. The zero-order chi connectivity index (χ0) is 25.8. The number of amides is 2. The number of fused-ring (bicyclic) bond motifs is 8. The van der Waals surface area contributed by atoms with E-state index < -0.39 is 16.9 Å². The molecule has 0 unspecified atom stereocenters. The lowest BCUT2D eigenvalue weighted by Gasteiger charge is -2.43. The molecule has 1 aromatic heterocycles. The summed E-state index contributed by atoms with van der Waals surface area (Å²) in [5.41, 5.74) is 0.142. The minimum atomic E-state index is -1.52. The van der Waals surface area contributed by atoms with Gasteiger partial charge in [0.25, 0.3) is 5.91 Å². The number of anilines is 2. The van der Waals surface area contributed by atoms with Crippen LogP contribution in [0.4, 0.5) is 11.4 Å². The van der Waals surface area contributed by atoms with Crippen molar-refractivity contribution in [3.8, 4) is 0 Å². The number of para-hydroxylation sites is 2. The van der Waals surface area contributed by atoms with Crippen molar-refractivity contribution < 1.29 is 18.8 Å². The van der Waals surface area contributed by atoms with Gasteiger partial charge in [-0.05, 0) is 61.3 Å². The highest BCUT2D eigenvalue weighted by Gasteiger charge is 2.81. The number of hydrogen-bond donors (Lipinski definition) is 2. The number of hydrogen-bond acceptors (Lipinski definition) is 5. The van der Waals surface area contributed by atoms with Crippen LogP contribution in [0.3, 0.4) is 0 Å². The Morgan fingerprint density at radius 3 is 2.55 bits per heavy atom. The van der Waals surface area contributed by atoms with E-state index in [1.807, 2.05) is 48.5 Å². The number of carbonyl (C=O) groups excluding carboxylic acids is 3. The minimum absolute atomic E-state index is 0.196. The molecular formula is C30H22ClN3O4. The lowest BCUT2D eigenvalue weighted by atomic mass is 9.57. The van der Waals surface area contributed by atoms with E-state index in [1.54, 1.807) is 24.3 Å². The Morgan fingerprint density at radius 2 is 1.68 bits per heavy atom. The van der Waals surface area contributed by atoms with Gasteiger partial charge in [0.15, 0.2) is 5.76 Å². The highest BCUT2D eigenvalue weighted by Crippen LogP contribution is 2.68. The molecule has 0 bridgehead atoms. The first-order chi connectivity index (χ1) is 18.5. The summed E-state index contributed by atoms with van der Waals surface area (Å²) in [7, 11) is 0. The van der Waals surface area contributed by atoms with Crippen molar-refractivity contribution >= 4 is 51.5 Å². The van der Waals surface area contributed by atoms with E-state index >= 15 is 0 Å². The summed E-state index contributed by atoms with van der Waals surface area (Å²) in [6.45, 7) is 0.575. The molecule has 8 heteroatoms. The van der Waals surface area contributed by atoms with Gasteiger partial charge in [0.1, 0.15) is 16.5 Å². The van der Waals surface area contributed by atoms with Gasteiger partial charge in [0.05, 0.1) is 5.92 Å². The van der Waals surface area contributed by atoms with Crippen LogP contribution < -0.4 is 10.6 Å². The third kappa shape index (κ3) is 2.38. The van der Waals surface area contributed by atoms with Gasteiger partial charge in [-0.3, -0.25) is 19.3 Å². The summed E-state index contributed by atoms with van der Waals surface area (Å²) in [5.74, 6) is -1.60. The molecule has 5 heterocycles. The Bertz CT molecular complexity index is 1700. The average Bonchev–Trinajstić information content (AvgIpc) is 3.70. The van der Waals surface area contributed by atoms with Crippen molar-refractivity contribution in [1.82, 2.24) is 4.90 Å². The summed E-state index contributed by atoms with van der Waals surface area (Å²) in [6, 6.07) is 21.5. The minimum Gasteiger partial charge on any atom is -0.453 e. The molecule has 7 nitrogen and oxygen atoms in total. The summed E-state index contributed by atoms with van der Waals surface area (Å²) in [6.07, 6.45) is 1.48. The van der Waals surface area contributed by atoms with Crippen molar-refractivity contribution in [1.29, 1.82) is 0 Å². The van der Waals surface area contributed by atoms with Gasteiger partial charge < -0.3 is 15.1 Å². The second-order valence-corrected chi connectivity index (χ2v) is 11.0. The molecule has 4 aliphatic heterocycles. The quantitative estimate of drug-likeness (QED) is 0.357. The summed E-state index contributed by atoms with van der Waals surface area (Å²) < 4.78 is 6.06. The Morgan fingerprint density at radius 1 is 0.921 bits per heavy atom. The Balaban J connectivity index is 1.47. The molecule has 2 N–H and O–H groups in total. The van der Waals surface area contributed by atoms with Crippen LogP contribution in [0.25, 0.3) is 11.0 Å². The van der Waals surface area contributed by atoms with Crippen LogP contribution in [0.15, 0.2) is 77.2 Å². The van der Waals surface area contributed by atoms with E-state index in [0.717, 1.165) is 11.8 Å². The number of rotatable bonds is 2. The van der Waals surface area contributed by atoms with E-state index in [9.17, 15) is 14.4 Å². The predicted octanol–water partition coefficient (Wildman–Crippen LogP) is 5.10. The van der Waals surface area contributed by atoms with Crippen LogP contribution >= 0.6 is 11.6 Å². The van der Waals surface area contributed by atoms with Crippen molar-refractivity contribution in [3.05, 3.63) is 94.7 Å². The Labute approximate surface area is 222 Å². The second-order valence-electron chi connectivity index (χ2n) is 10.6. The van der Waals surface area contributed by atoms with Gasteiger partial charge in [-0.1, -0.05) is 48.0 Å². The largest absolute Gasteiger partial charge is 0.453 e. The monoisotopic (exact) mass is 523 g/mol. The van der Waals surface area contributed by atoms with Crippen LogP contribution in [0.1, 0.15) is 34.5 Å². The molecule has 2 spiro atoms. The van der Waals surface area contributed by atoms with E-state index in [4.69, 9.17) is 16.0 Å². The maximum atomic E-state index is 14.6. The fourth-order valence-corrected chi connectivity index (χ4v) is 7.98. The highest BCUT2D eigenvalue weighted by molar-refractivity contribution is 6.31. The first-order valence-electron chi connectivity index (χ1n) is 12.8. The number of carbonyl (C=O) groups is 3. The second kappa shape index (κ2) is 7.34. The first-order valence-corrected chi connectivity index (χ1v) is 13.2. The van der Waals surface area contributed by atoms with Crippen molar-refractivity contribution in [2.24, 2.45) is 5.92 Å². The molecular weight excluding hydrogens is 502 g/mol. The Kier molecular flexibility index (Phi) is 4.26. The normalized spacial score (nSPS) is 29.1. The molecule has 2 saturated heterocycles. The maximum absolute atomic E-state index is 14.6. The first kappa shape index (κ1) is 22.1. The fraction of sp³-hybridized carbons (Fsp3) is 0.233. The van der Waals surface area contributed by atoms with Crippen molar-refractivity contribution in [2.45, 2.75) is 29.8 Å². The van der Waals surface area contributed by atoms with Crippen LogP contribution in [-0.2, 0) is 20.5 Å². The summed E-state index contributed by atoms with van der Waals surface area (Å²) in [4.78, 5) is 45.6. The average molecular weight is 524 g/mol. The molecule has 188 valence electrons. The summed E-state index contributed by atoms with van der Waals surface area (Å²) in [5, 5.41) is 7.35. The number of benzene rings is 3.